The van der Waals surface area contributed by atoms with Gasteiger partial charge < -0.3 is 15.0 Å². The van der Waals surface area contributed by atoms with Crippen LogP contribution in [0.25, 0.3) is 0 Å². The average molecular weight is 200 g/mol. The van der Waals surface area contributed by atoms with E-state index in [1.54, 1.807) is 0 Å². The molecule has 14 heavy (non-hydrogen) atoms. The molecule has 1 unspecified atom stereocenters. The van der Waals surface area contributed by atoms with Crippen LogP contribution in [0.15, 0.2) is 0 Å². The largest absolute Gasteiger partial charge is 0.378 e. The van der Waals surface area contributed by atoms with Crippen molar-refractivity contribution in [3.05, 3.63) is 0 Å². The van der Waals surface area contributed by atoms with E-state index in [0.29, 0.717) is 6.04 Å². The Balaban J connectivity index is 2.21. The summed E-state index contributed by atoms with van der Waals surface area (Å²) in [7, 11) is 0. The lowest BCUT2D eigenvalue weighted by Gasteiger charge is -2.30. The number of nitrogens with zero attached hydrogens (tertiary/aromatic N) is 1. The van der Waals surface area contributed by atoms with Gasteiger partial charge in [0.1, 0.15) is 0 Å². The highest BCUT2D eigenvalue weighted by Gasteiger charge is 2.15. The topological polar surface area (TPSA) is 24.5 Å². The fraction of sp³-hybridized carbons (Fsp3) is 1.00. The number of nitrogens with one attached hydrogen (secondary N) is 1. The van der Waals surface area contributed by atoms with Crippen molar-refractivity contribution in [2.45, 2.75) is 32.7 Å². The Hall–Kier alpha value is -0.120. The first kappa shape index (κ1) is 12.0. The summed E-state index contributed by atoms with van der Waals surface area (Å²) in [5.41, 5.74) is 0. The Morgan fingerprint density at radius 2 is 2.00 bits per heavy atom. The molecule has 1 rings (SSSR count). The standard InChI is InChI=1S/C11H24N2O/c1-3-6-13(7-4-2)9-11-10-14-8-5-12-11/h11-12H,3-10H2,1-2H3. The van der Waals surface area contributed by atoms with Gasteiger partial charge in [0.25, 0.3) is 0 Å². The molecule has 0 bridgehead atoms. The van der Waals surface area contributed by atoms with Gasteiger partial charge in [-0.15, -0.1) is 0 Å². The fourth-order valence-corrected chi connectivity index (χ4v) is 1.98. The zero-order valence-electron chi connectivity index (χ0n) is 9.59. The van der Waals surface area contributed by atoms with E-state index in [9.17, 15) is 0 Å². The number of ether oxygens (including phenoxy) is 1. The van der Waals surface area contributed by atoms with Gasteiger partial charge in [0.2, 0.25) is 0 Å². The first-order chi connectivity index (χ1) is 6.86. The minimum atomic E-state index is 0.543. The Labute approximate surface area is 87.8 Å². The monoisotopic (exact) mass is 200 g/mol. The van der Waals surface area contributed by atoms with Crippen LogP contribution in [0.2, 0.25) is 0 Å². The Morgan fingerprint density at radius 1 is 1.29 bits per heavy atom. The van der Waals surface area contributed by atoms with Crippen molar-refractivity contribution in [1.29, 1.82) is 0 Å². The normalized spacial score (nSPS) is 22.9. The lowest BCUT2D eigenvalue weighted by molar-refractivity contribution is 0.0618. The SMILES string of the molecule is CCCN(CCC)CC1COCCN1. The van der Waals surface area contributed by atoms with Gasteiger partial charge in [-0.05, 0) is 25.9 Å². The van der Waals surface area contributed by atoms with Crippen LogP contribution in [0.5, 0.6) is 0 Å². The zero-order valence-corrected chi connectivity index (χ0v) is 9.59. The minimum Gasteiger partial charge on any atom is -0.378 e. The lowest BCUT2D eigenvalue weighted by Crippen LogP contribution is -2.48. The van der Waals surface area contributed by atoms with Crippen LogP contribution in [0.4, 0.5) is 0 Å². The minimum absolute atomic E-state index is 0.543. The molecule has 0 radical (unpaired) electrons. The van der Waals surface area contributed by atoms with Crippen molar-refractivity contribution in [3.63, 3.8) is 0 Å². The summed E-state index contributed by atoms with van der Waals surface area (Å²) in [5, 5.41) is 3.50. The summed E-state index contributed by atoms with van der Waals surface area (Å²) in [5.74, 6) is 0. The molecule has 3 heteroatoms. The molecule has 1 aliphatic heterocycles. The molecule has 0 aromatic heterocycles. The number of hydrogen-bond acceptors (Lipinski definition) is 3. The third-order valence-corrected chi connectivity index (χ3v) is 2.56. The van der Waals surface area contributed by atoms with Crippen molar-refractivity contribution in [2.24, 2.45) is 0 Å². The average Bonchev–Trinajstić information content (AvgIpc) is 2.20. The van der Waals surface area contributed by atoms with Gasteiger partial charge in [-0.25, -0.2) is 0 Å². The third kappa shape index (κ3) is 4.40. The second-order valence-corrected chi connectivity index (χ2v) is 4.03. The molecule has 1 saturated heterocycles. The van der Waals surface area contributed by atoms with Crippen LogP contribution in [0, 0.1) is 0 Å². The number of rotatable bonds is 6. The molecule has 1 heterocycles. The molecule has 1 fully saturated rings. The van der Waals surface area contributed by atoms with E-state index in [1.807, 2.05) is 0 Å². The van der Waals surface area contributed by atoms with E-state index < -0.39 is 0 Å². The highest BCUT2D eigenvalue weighted by Crippen LogP contribution is 2.00. The van der Waals surface area contributed by atoms with Crippen LogP contribution in [0.1, 0.15) is 26.7 Å². The van der Waals surface area contributed by atoms with E-state index in [1.165, 1.54) is 25.9 Å². The molecular weight excluding hydrogens is 176 g/mol. The van der Waals surface area contributed by atoms with Crippen LogP contribution >= 0.6 is 0 Å². The van der Waals surface area contributed by atoms with Crippen molar-refractivity contribution >= 4 is 0 Å². The number of hydrogen-bond donors (Lipinski definition) is 1. The van der Waals surface area contributed by atoms with Gasteiger partial charge in [-0.2, -0.15) is 0 Å². The molecule has 1 aliphatic rings. The Bertz CT molecular complexity index is 129. The van der Waals surface area contributed by atoms with Crippen molar-refractivity contribution < 1.29 is 4.74 Å². The molecule has 1 N–H and O–H groups in total. The molecule has 0 aromatic rings. The number of morpholine rings is 1. The van der Waals surface area contributed by atoms with Gasteiger partial charge >= 0.3 is 0 Å². The van der Waals surface area contributed by atoms with E-state index in [2.05, 4.69) is 24.1 Å². The molecule has 84 valence electrons. The van der Waals surface area contributed by atoms with E-state index in [-0.39, 0.29) is 0 Å². The van der Waals surface area contributed by atoms with E-state index in [0.717, 1.165) is 26.3 Å². The Morgan fingerprint density at radius 3 is 2.50 bits per heavy atom. The first-order valence-electron chi connectivity index (χ1n) is 5.90. The maximum atomic E-state index is 5.45. The highest BCUT2D eigenvalue weighted by atomic mass is 16.5. The van der Waals surface area contributed by atoms with Crippen LogP contribution in [0.3, 0.4) is 0 Å². The van der Waals surface area contributed by atoms with Crippen LogP contribution in [-0.4, -0.2) is 50.3 Å². The molecule has 0 aliphatic carbocycles. The molecule has 0 saturated carbocycles. The van der Waals surface area contributed by atoms with Gasteiger partial charge in [-0.1, -0.05) is 13.8 Å². The molecule has 0 amide bonds. The predicted octanol–water partition coefficient (Wildman–Crippen LogP) is 1.10. The Kier molecular flexibility index (Phi) is 6.15. The summed E-state index contributed by atoms with van der Waals surface area (Å²) in [6.07, 6.45) is 2.49. The van der Waals surface area contributed by atoms with Crippen LogP contribution < -0.4 is 5.32 Å². The molecule has 1 atom stereocenters. The van der Waals surface area contributed by atoms with E-state index >= 15 is 0 Å². The molecule has 0 spiro atoms. The summed E-state index contributed by atoms with van der Waals surface area (Å²) in [6, 6.07) is 0.543. The smallest absolute Gasteiger partial charge is 0.0632 e. The van der Waals surface area contributed by atoms with Gasteiger partial charge in [0.05, 0.1) is 13.2 Å². The van der Waals surface area contributed by atoms with Gasteiger partial charge in [0.15, 0.2) is 0 Å². The predicted molar refractivity (Wildman–Crippen MR) is 59.6 cm³/mol. The maximum Gasteiger partial charge on any atom is 0.0632 e. The van der Waals surface area contributed by atoms with Gasteiger partial charge in [0, 0.05) is 19.1 Å². The second kappa shape index (κ2) is 7.21. The summed E-state index contributed by atoms with van der Waals surface area (Å²) in [6.45, 7) is 10.8. The molecule has 0 aromatic carbocycles. The highest BCUT2D eigenvalue weighted by molar-refractivity contribution is 4.74. The quantitative estimate of drug-likeness (QED) is 0.695. The van der Waals surface area contributed by atoms with Crippen molar-refractivity contribution in [2.75, 3.05) is 39.4 Å². The van der Waals surface area contributed by atoms with Gasteiger partial charge in [-0.3, -0.25) is 0 Å². The first-order valence-corrected chi connectivity index (χ1v) is 5.90. The van der Waals surface area contributed by atoms with Crippen LogP contribution in [-0.2, 0) is 4.74 Å². The molecule has 3 nitrogen and oxygen atoms in total. The summed E-state index contributed by atoms with van der Waals surface area (Å²) >= 11 is 0. The maximum absolute atomic E-state index is 5.45. The summed E-state index contributed by atoms with van der Waals surface area (Å²) < 4.78 is 5.45. The molecular formula is C11H24N2O. The summed E-state index contributed by atoms with van der Waals surface area (Å²) in [4.78, 5) is 2.53. The fourth-order valence-electron chi connectivity index (χ4n) is 1.98. The second-order valence-electron chi connectivity index (χ2n) is 4.03. The van der Waals surface area contributed by atoms with E-state index in [4.69, 9.17) is 4.74 Å². The zero-order chi connectivity index (χ0) is 10.2. The third-order valence-electron chi connectivity index (χ3n) is 2.56. The van der Waals surface area contributed by atoms with Crippen molar-refractivity contribution in [3.8, 4) is 0 Å². The van der Waals surface area contributed by atoms with Crippen molar-refractivity contribution in [1.82, 2.24) is 10.2 Å². The lowest BCUT2D eigenvalue weighted by atomic mass is 10.2.